The fraction of sp³-hybridized carbons (Fsp3) is 0.0769. The first-order valence-corrected chi connectivity index (χ1v) is 5.74. The Kier molecular flexibility index (Phi) is 3.36. The summed E-state index contributed by atoms with van der Waals surface area (Å²) in [6, 6.07) is 12.4. The van der Waals surface area contributed by atoms with Gasteiger partial charge in [0.2, 0.25) is 0 Å². The first-order chi connectivity index (χ1) is 7.70. The van der Waals surface area contributed by atoms with E-state index in [2.05, 4.69) is 15.9 Å². The van der Waals surface area contributed by atoms with E-state index < -0.39 is 0 Å². The van der Waals surface area contributed by atoms with Gasteiger partial charge in [0.1, 0.15) is 5.82 Å². The summed E-state index contributed by atoms with van der Waals surface area (Å²) < 4.78 is 13.8. The molecule has 0 aliphatic carbocycles. The SMILES string of the molecule is NCc1ccc(Br)c(-c2ccc(F)cc2)c1. The van der Waals surface area contributed by atoms with Crippen molar-refractivity contribution in [1.82, 2.24) is 0 Å². The van der Waals surface area contributed by atoms with Crippen molar-refractivity contribution in [2.24, 2.45) is 5.73 Å². The van der Waals surface area contributed by atoms with Crippen LogP contribution in [-0.2, 0) is 6.54 Å². The number of halogens is 2. The average Bonchev–Trinajstić information content (AvgIpc) is 2.31. The quantitative estimate of drug-likeness (QED) is 0.891. The van der Waals surface area contributed by atoms with Crippen LogP contribution in [-0.4, -0.2) is 0 Å². The monoisotopic (exact) mass is 279 g/mol. The van der Waals surface area contributed by atoms with Crippen molar-refractivity contribution in [2.75, 3.05) is 0 Å². The maximum Gasteiger partial charge on any atom is 0.123 e. The molecule has 0 atom stereocenters. The highest BCUT2D eigenvalue weighted by atomic mass is 79.9. The highest BCUT2D eigenvalue weighted by Gasteiger charge is 2.04. The molecule has 0 saturated carbocycles. The van der Waals surface area contributed by atoms with Gasteiger partial charge < -0.3 is 5.73 Å². The minimum absolute atomic E-state index is 0.227. The number of hydrogen-bond acceptors (Lipinski definition) is 1. The van der Waals surface area contributed by atoms with Gasteiger partial charge in [0.25, 0.3) is 0 Å². The van der Waals surface area contributed by atoms with Gasteiger partial charge in [-0.3, -0.25) is 0 Å². The van der Waals surface area contributed by atoms with E-state index in [1.54, 1.807) is 12.1 Å². The van der Waals surface area contributed by atoms with Crippen LogP contribution in [0, 0.1) is 5.82 Å². The molecule has 2 aromatic carbocycles. The molecule has 16 heavy (non-hydrogen) atoms. The molecule has 0 unspecified atom stereocenters. The van der Waals surface area contributed by atoms with E-state index in [9.17, 15) is 4.39 Å². The molecule has 0 heterocycles. The van der Waals surface area contributed by atoms with Gasteiger partial charge in [-0.1, -0.05) is 34.1 Å². The first-order valence-electron chi connectivity index (χ1n) is 4.95. The lowest BCUT2D eigenvalue weighted by atomic mass is 10.0. The summed E-state index contributed by atoms with van der Waals surface area (Å²) in [4.78, 5) is 0. The Balaban J connectivity index is 2.50. The molecule has 0 fully saturated rings. The number of benzene rings is 2. The van der Waals surface area contributed by atoms with Gasteiger partial charge in [-0.05, 0) is 41.0 Å². The average molecular weight is 280 g/mol. The van der Waals surface area contributed by atoms with Crippen LogP contribution in [0.4, 0.5) is 4.39 Å². The van der Waals surface area contributed by atoms with Crippen LogP contribution in [0.25, 0.3) is 11.1 Å². The Bertz CT molecular complexity index is 494. The van der Waals surface area contributed by atoms with Crippen molar-refractivity contribution in [1.29, 1.82) is 0 Å². The Morgan fingerprint density at radius 1 is 1.06 bits per heavy atom. The second kappa shape index (κ2) is 4.76. The summed E-state index contributed by atoms with van der Waals surface area (Å²) in [5.74, 6) is -0.227. The molecule has 0 aromatic heterocycles. The summed E-state index contributed by atoms with van der Waals surface area (Å²) in [5.41, 5.74) is 8.66. The standard InChI is InChI=1S/C13H11BrFN/c14-13-6-1-9(8-16)7-12(13)10-2-4-11(15)5-3-10/h1-7H,8,16H2. The minimum Gasteiger partial charge on any atom is -0.326 e. The summed E-state index contributed by atoms with van der Waals surface area (Å²) in [6.07, 6.45) is 0. The van der Waals surface area contributed by atoms with E-state index in [4.69, 9.17) is 5.73 Å². The van der Waals surface area contributed by atoms with Gasteiger partial charge in [0.05, 0.1) is 0 Å². The molecular weight excluding hydrogens is 269 g/mol. The smallest absolute Gasteiger partial charge is 0.123 e. The van der Waals surface area contributed by atoms with Crippen LogP contribution >= 0.6 is 15.9 Å². The van der Waals surface area contributed by atoms with Gasteiger partial charge in [0, 0.05) is 11.0 Å². The molecule has 82 valence electrons. The normalized spacial score (nSPS) is 10.4. The number of rotatable bonds is 2. The highest BCUT2D eigenvalue weighted by Crippen LogP contribution is 2.29. The molecular formula is C13H11BrFN. The van der Waals surface area contributed by atoms with E-state index in [1.165, 1.54) is 12.1 Å². The van der Waals surface area contributed by atoms with Crippen LogP contribution < -0.4 is 5.73 Å². The topological polar surface area (TPSA) is 26.0 Å². The Morgan fingerprint density at radius 3 is 2.38 bits per heavy atom. The molecule has 2 aromatic rings. The molecule has 2 rings (SSSR count). The third-order valence-corrected chi connectivity index (χ3v) is 3.11. The maximum absolute atomic E-state index is 12.8. The minimum atomic E-state index is -0.227. The molecule has 0 bridgehead atoms. The molecule has 0 aliphatic heterocycles. The fourth-order valence-electron chi connectivity index (χ4n) is 1.55. The van der Waals surface area contributed by atoms with E-state index in [-0.39, 0.29) is 5.82 Å². The Morgan fingerprint density at radius 2 is 1.75 bits per heavy atom. The molecule has 0 spiro atoms. The molecule has 0 amide bonds. The van der Waals surface area contributed by atoms with Crippen molar-refractivity contribution in [3.63, 3.8) is 0 Å². The highest BCUT2D eigenvalue weighted by molar-refractivity contribution is 9.10. The molecule has 0 aliphatic rings. The van der Waals surface area contributed by atoms with Crippen LogP contribution in [0.1, 0.15) is 5.56 Å². The summed E-state index contributed by atoms with van der Waals surface area (Å²) in [6.45, 7) is 0.501. The fourth-order valence-corrected chi connectivity index (χ4v) is 2.03. The van der Waals surface area contributed by atoms with Crippen LogP contribution in [0.15, 0.2) is 46.9 Å². The zero-order valence-corrected chi connectivity index (χ0v) is 10.2. The lowest BCUT2D eigenvalue weighted by Crippen LogP contribution is -1.96. The molecule has 1 nitrogen and oxygen atoms in total. The summed E-state index contributed by atoms with van der Waals surface area (Å²) >= 11 is 3.48. The van der Waals surface area contributed by atoms with E-state index in [0.29, 0.717) is 6.54 Å². The van der Waals surface area contributed by atoms with Crippen molar-refractivity contribution >= 4 is 15.9 Å². The van der Waals surface area contributed by atoms with Crippen molar-refractivity contribution in [2.45, 2.75) is 6.54 Å². The third kappa shape index (κ3) is 2.31. The largest absolute Gasteiger partial charge is 0.326 e. The van der Waals surface area contributed by atoms with Gasteiger partial charge in [-0.25, -0.2) is 4.39 Å². The van der Waals surface area contributed by atoms with Crippen molar-refractivity contribution in [3.8, 4) is 11.1 Å². The van der Waals surface area contributed by atoms with Gasteiger partial charge in [-0.15, -0.1) is 0 Å². The number of hydrogen-bond donors (Lipinski definition) is 1. The Labute approximate surface area is 102 Å². The molecule has 2 N–H and O–H groups in total. The van der Waals surface area contributed by atoms with Crippen LogP contribution in [0.5, 0.6) is 0 Å². The summed E-state index contributed by atoms with van der Waals surface area (Å²) in [7, 11) is 0. The van der Waals surface area contributed by atoms with Crippen LogP contribution in [0.2, 0.25) is 0 Å². The van der Waals surface area contributed by atoms with Crippen LogP contribution in [0.3, 0.4) is 0 Å². The predicted octanol–water partition coefficient (Wildman–Crippen LogP) is 3.71. The second-order valence-corrected chi connectivity index (χ2v) is 4.38. The second-order valence-electron chi connectivity index (χ2n) is 3.53. The lowest BCUT2D eigenvalue weighted by Gasteiger charge is -2.07. The molecule has 3 heteroatoms. The zero-order chi connectivity index (χ0) is 11.5. The predicted molar refractivity (Wildman–Crippen MR) is 67.4 cm³/mol. The van der Waals surface area contributed by atoms with Gasteiger partial charge in [0.15, 0.2) is 0 Å². The van der Waals surface area contributed by atoms with Gasteiger partial charge >= 0.3 is 0 Å². The molecule has 0 radical (unpaired) electrons. The Hall–Kier alpha value is -1.19. The number of nitrogens with two attached hydrogens (primary N) is 1. The van der Waals surface area contributed by atoms with Crippen molar-refractivity contribution in [3.05, 3.63) is 58.3 Å². The van der Waals surface area contributed by atoms with E-state index in [0.717, 1.165) is 21.2 Å². The zero-order valence-electron chi connectivity index (χ0n) is 8.58. The third-order valence-electron chi connectivity index (χ3n) is 2.42. The first kappa shape index (κ1) is 11.3. The summed E-state index contributed by atoms with van der Waals surface area (Å²) in [5, 5.41) is 0. The van der Waals surface area contributed by atoms with E-state index in [1.807, 2.05) is 18.2 Å². The molecule has 0 saturated heterocycles. The maximum atomic E-state index is 12.8. The van der Waals surface area contributed by atoms with Crippen molar-refractivity contribution < 1.29 is 4.39 Å². The van der Waals surface area contributed by atoms with E-state index >= 15 is 0 Å². The van der Waals surface area contributed by atoms with Gasteiger partial charge in [-0.2, -0.15) is 0 Å². The lowest BCUT2D eigenvalue weighted by molar-refractivity contribution is 0.628.